The molecule has 0 saturated heterocycles. The number of anilines is 1. The first-order valence-electron chi connectivity index (χ1n) is 7.24. The number of halogens is 1. The molecule has 1 heterocycles. The van der Waals surface area contributed by atoms with E-state index >= 15 is 0 Å². The van der Waals surface area contributed by atoms with E-state index in [4.69, 9.17) is 14.2 Å². The van der Waals surface area contributed by atoms with Gasteiger partial charge in [0.15, 0.2) is 17.6 Å². The first kappa shape index (κ1) is 15.1. The second-order valence-corrected chi connectivity index (χ2v) is 5.06. The van der Waals surface area contributed by atoms with E-state index in [1.165, 1.54) is 24.3 Å². The first-order valence-corrected chi connectivity index (χ1v) is 7.24. The fraction of sp³-hybridized carbons (Fsp3) is 0.235. The van der Waals surface area contributed by atoms with Gasteiger partial charge in [0.05, 0.1) is 0 Å². The van der Waals surface area contributed by atoms with Gasteiger partial charge in [0.1, 0.15) is 24.8 Å². The minimum atomic E-state index is -0.728. The topological polar surface area (TPSA) is 56.8 Å². The number of benzene rings is 2. The Kier molecular flexibility index (Phi) is 4.32. The van der Waals surface area contributed by atoms with Crippen LogP contribution in [0.4, 0.5) is 10.1 Å². The smallest absolute Gasteiger partial charge is 0.265 e. The van der Waals surface area contributed by atoms with E-state index in [-0.39, 0.29) is 11.7 Å². The summed E-state index contributed by atoms with van der Waals surface area (Å²) < 4.78 is 29.2. The molecule has 1 atom stereocenters. The molecule has 6 heteroatoms. The molecule has 1 unspecified atom stereocenters. The molecule has 0 spiro atoms. The molecule has 1 amide bonds. The highest BCUT2D eigenvalue weighted by atomic mass is 19.1. The molecule has 0 aromatic heterocycles. The summed E-state index contributed by atoms with van der Waals surface area (Å²) in [6.45, 7) is 2.62. The molecule has 1 N–H and O–H groups in total. The van der Waals surface area contributed by atoms with Gasteiger partial charge in [-0.3, -0.25) is 4.79 Å². The van der Waals surface area contributed by atoms with Gasteiger partial charge in [0, 0.05) is 11.8 Å². The van der Waals surface area contributed by atoms with Crippen LogP contribution in [0.3, 0.4) is 0 Å². The van der Waals surface area contributed by atoms with Crippen LogP contribution in [-0.2, 0) is 4.79 Å². The number of amides is 1. The standard InChI is InChI=1S/C17H16FNO4/c1-11(23-14-5-2-12(18)3-6-14)17(20)19-13-4-7-15-16(10-13)22-9-8-21-15/h2-7,10-11H,8-9H2,1H3,(H,19,20). The van der Waals surface area contributed by atoms with E-state index in [1.807, 2.05) is 0 Å². The number of ether oxygens (including phenoxy) is 3. The lowest BCUT2D eigenvalue weighted by Crippen LogP contribution is -2.30. The van der Waals surface area contributed by atoms with Gasteiger partial charge in [-0.2, -0.15) is 0 Å². The molecule has 2 aromatic rings. The number of hydrogen-bond acceptors (Lipinski definition) is 4. The van der Waals surface area contributed by atoms with E-state index < -0.39 is 6.10 Å². The molecule has 0 radical (unpaired) electrons. The van der Waals surface area contributed by atoms with Crippen LogP contribution >= 0.6 is 0 Å². The minimum absolute atomic E-state index is 0.314. The lowest BCUT2D eigenvalue weighted by atomic mass is 10.2. The van der Waals surface area contributed by atoms with Gasteiger partial charge in [-0.05, 0) is 43.3 Å². The molecule has 23 heavy (non-hydrogen) atoms. The zero-order valence-electron chi connectivity index (χ0n) is 12.5. The van der Waals surface area contributed by atoms with Crippen molar-refractivity contribution in [2.24, 2.45) is 0 Å². The second kappa shape index (κ2) is 6.56. The van der Waals surface area contributed by atoms with Crippen molar-refractivity contribution >= 4 is 11.6 Å². The Morgan fingerprint density at radius 2 is 1.83 bits per heavy atom. The van der Waals surface area contributed by atoms with Crippen molar-refractivity contribution in [1.29, 1.82) is 0 Å². The molecular weight excluding hydrogens is 301 g/mol. The second-order valence-electron chi connectivity index (χ2n) is 5.06. The number of fused-ring (bicyclic) bond motifs is 1. The maximum absolute atomic E-state index is 12.9. The Morgan fingerprint density at radius 3 is 2.57 bits per heavy atom. The summed E-state index contributed by atoms with van der Waals surface area (Å²) in [5, 5.41) is 2.75. The van der Waals surface area contributed by atoms with Gasteiger partial charge in [-0.1, -0.05) is 0 Å². The summed E-state index contributed by atoms with van der Waals surface area (Å²) in [7, 11) is 0. The zero-order valence-corrected chi connectivity index (χ0v) is 12.5. The lowest BCUT2D eigenvalue weighted by molar-refractivity contribution is -0.122. The number of carbonyl (C=O) groups excluding carboxylic acids is 1. The van der Waals surface area contributed by atoms with Crippen LogP contribution in [0.2, 0.25) is 0 Å². The largest absolute Gasteiger partial charge is 0.486 e. The van der Waals surface area contributed by atoms with Crippen molar-refractivity contribution in [3.8, 4) is 17.2 Å². The van der Waals surface area contributed by atoms with Crippen molar-refractivity contribution in [3.05, 3.63) is 48.3 Å². The molecule has 0 saturated carbocycles. The van der Waals surface area contributed by atoms with Crippen molar-refractivity contribution in [2.45, 2.75) is 13.0 Å². The maximum Gasteiger partial charge on any atom is 0.265 e. The molecule has 120 valence electrons. The van der Waals surface area contributed by atoms with Gasteiger partial charge < -0.3 is 19.5 Å². The van der Waals surface area contributed by atoms with Crippen LogP contribution in [0.15, 0.2) is 42.5 Å². The summed E-state index contributed by atoms with van der Waals surface area (Å²) in [6.07, 6.45) is -0.728. The Balaban J connectivity index is 1.63. The summed E-state index contributed by atoms with van der Waals surface area (Å²) in [5.74, 6) is 1.01. The fourth-order valence-corrected chi connectivity index (χ4v) is 2.14. The summed E-state index contributed by atoms with van der Waals surface area (Å²) in [4.78, 5) is 12.2. The van der Waals surface area contributed by atoms with Crippen LogP contribution in [0.5, 0.6) is 17.2 Å². The number of carbonyl (C=O) groups is 1. The van der Waals surface area contributed by atoms with E-state index in [2.05, 4.69) is 5.32 Å². The monoisotopic (exact) mass is 317 g/mol. The van der Waals surface area contributed by atoms with Gasteiger partial charge in [0.2, 0.25) is 0 Å². The highest BCUT2D eigenvalue weighted by molar-refractivity contribution is 5.94. The Morgan fingerprint density at radius 1 is 1.13 bits per heavy atom. The predicted molar refractivity (Wildman–Crippen MR) is 82.6 cm³/mol. The Hall–Kier alpha value is -2.76. The minimum Gasteiger partial charge on any atom is -0.486 e. The normalized spacial score (nSPS) is 14.0. The molecule has 0 bridgehead atoms. The van der Waals surface area contributed by atoms with Crippen LogP contribution in [0.25, 0.3) is 0 Å². The van der Waals surface area contributed by atoms with Gasteiger partial charge >= 0.3 is 0 Å². The number of hydrogen-bond donors (Lipinski definition) is 1. The molecule has 0 fully saturated rings. The van der Waals surface area contributed by atoms with Crippen LogP contribution in [-0.4, -0.2) is 25.2 Å². The summed E-state index contributed by atoms with van der Waals surface area (Å²) in [6, 6.07) is 10.7. The highest BCUT2D eigenvalue weighted by Gasteiger charge is 2.17. The summed E-state index contributed by atoms with van der Waals surface area (Å²) in [5.41, 5.74) is 0.591. The van der Waals surface area contributed by atoms with Gasteiger partial charge in [0.25, 0.3) is 5.91 Å². The average molecular weight is 317 g/mol. The lowest BCUT2D eigenvalue weighted by Gasteiger charge is -2.19. The Labute approximate surface area is 133 Å². The van der Waals surface area contributed by atoms with Gasteiger partial charge in [-0.15, -0.1) is 0 Å². The maximum atomic E-state index is 12.9. The zero-order chi connectivity index (χ0) is 16.2. The number of rotatable bonds is 4. The first-order chi connectivity index (χ1) is 11.1. The molecule has 3 rings (SSSR count). The molecule has 0 aliphatic carbocycles. The van der Waals surface area contributed by atoms with E-state index in [0.717, 1.165) is 0 Å². The SMILES string of the molecule is CC(Oc1ccc(F)cc1)C(=O)Nc1ccc2c(c1)OCCO2. The van der Waals surface area contributed by atoms with Crippen LogP contribution < -0.4 is 19.5 Å². The average Bonchev–Trinajstić information content (AvgIpc) is 2.56. The van der Waals surface area contributed by atoms with Gasteiger partial charge in [-0.25, -0.2) is 4.39 Å². The highest BCUT2D eigenvalue weighted by Crippen LogP contribution is 2.32. The van der Waals surface area contributed by atoms with Crippen molar-refractivity contribution in [3.63, 3.8) is 0 Å². The molecule has 1 aliphatic heterocycles. The van der Waals surface area contributed by atoms with Crippen molar-refractivity contribution in [1.82, 2.24) is 0 Å². The van der Waals surface area contributed by atoms with Crippen LogP contribution in [0.1, 0.15) is 6.92 Å². The third kappa shape index (κ3) is 3.71. The molecular formula is C17H16FNO4. The van der Waals surface area contributed by atoms with E-state index in [9.17, 15) is 9.18 Å². The summed E-state index contributed by atoms with van der Waals surface area (Å²) >= 11 is 0. The van der Waals surface area contributed by atoms with E-state index in [1.54, 1.807) is 25.1 Å². The quantitative estimate of drug-likeness (QED) is 0.942. The van der Waals surface area contributed by atoms with Crippen LogP contribution in [0, 0.1) is 5.82 Å². The predicted octanol–water partition coefficient (Wildman–Crippen LogP) is 3.00. The third-order valence-corrected chi connectivity index (χ3v) is 3.31. The third-order valence-electron chi connectivity index (χ3n) is 3.31. The molecule has 5 nitrogen and oxygen atoms in total. The molecule has 1 aliphatic rings. The van der Waals surface area contributed by atoms with Crippen molar-refractivity contribution in [2.75, 3.05) is 18.5 Å². The molecule has 2 aromatic carbocycles. The van der Waals surface area contributed by atoms with E-state index in [0.29, 0.717) is 36.1 Å². The van der Waals surface area contributed by atoms with Crippen molar-refractivity contribution < 1.29 is 23.4 Å². The number of nitrogens with one attached hydrogen (secondary N) is 1. The Bertz CT molecular complexity index is 702. The fourth-order valence-electron chi connectivity index (χ4n) is 2.14.